The Balaban J connectivity index is 2.20. The topological polar surface area (TPSA) is 63.6 Å². The molecular formula is C22H34O4. The summed E-state index contributed by atoms with van der Waals surface area (Å²) in [5.74, 6) is -0.178. The van der Waals surface area contributed by atoms with Gasteiger partial charge in [0.2, 0.25) is 0 Å². The van der Waals surface area contributed by atoms with Crippen LogP contribution in [0.25, 0.3) is 0 Å². The first kappa shape index (κ1) is 20.7. The van der Waals surface area contributed by atoms with Crippen LogP contribution in [0.3, 0.4) is 0 Å². The first-order chi connectivity index (χ1) is 12.1. The van der Waals surface area contributed by atoms with Gasteiger partial charge in [-0.25, -0.2) is 4.79 Å². The number of carbonyl (C=O) groups is 2. The zero-order valence-electron chi connectivity index (χ0n) is 16.8. The minimum Gasteiger partial charge on any atom is -0.478 e. The van der Waals surface area contributed by atoms with Gasteiger partial charge in [-0.3, -0.25) is 4.79 Å². The van der Waals surface area contributed by atoms with Crippen molar-refractivity contribution < 1.29 is 19.4 Å². The highest BCUT2D eigenvalue weighted by molar-refractivity contribution is 5.80. The minimum absolute atomic E-state index is 0.0174. The van der Waals surface area contributed by atoms with Crippen LogP contribution in [-0.4, -0.2) is 23.7 Å². The zero-order chi connectivity index (χ0) is 19.5. The first-order valence-corrected chi connectivity index (χ1v) is 9.79. The molecule has 0 unspecified atom stereocenters. The lowest BCUT2D eigenvalue weighted by Crippen LogP contribution is -2.52. The fraction of sp³-hybridized carbons (Fsp3) is 0.727. The average molecular weight is 363 g/mol. The predicted molar refractivity (Wildman–Crippen MR) is 103 cm³/mol. The SMILES string of the molecule is C=C1CC[C@H]2[C@](C)(COC(C)=O)CCC[C@]2(C)[C@H]1CC/C(C)=C/C(=O)O. The van der Waals surface area contributed by atoms with E-state index in [0.717, 1.165) is 44.1 Å². The second kappa shape index (κ2) is 7.98. The van der Waals surface area contributed by atoms with Crippen molar-refractivity contribution in [3.05, 3.63) is 23.8 Å². The van der Waals surface area contributed by atoms with Crippen LogP contribution < -0.4 is 0 Å². The molecule has 2 aliphatic rings. The number of carboxylic acids is 1. The highest BCUT2D eigenvalue weighted by Gasteiger charge is 2.54. The molecule has 0 heterocycles. The quantitative estimate of drug-likeness (QED) is 0.404. The average Bonchev–Trinajstić information content (AvgIpc) is 2.51. The summed E-state index contributed by atoms with van der Waals surface area (Å²) in [5, 5.41) is 8.95. The fourth-order valence-electron chi connectivity index (χ4n) is 5.71. The van der Waals surface area contributed by atoms with E-state index in [-0.39, 0.29) is 16.8 Å². The summed E-state index contributed by atoms with van der Waals surface area (Å²) in [5.41, 5.74) is 2.38. The molecule has 0 bridgehead atoms. The molecule has 146 valence electrons. The number of rotatable bonds is 6. The Morgan fingerprint density at radius 2 is 2.00 bits per heavy atom. The molecule has 4 heteroatoms. The highest BCUT2D eigenvalue weighted by Crippen LogP contribution is 2.62. The Labute approximate surface area is 157 Å². The molecule has 0 aromatic rings. The molecule has 0 radical (unpaired) electrons. The van der Waals surface area contributed by atoms with Crippen LogP contribution in [0.15, 0.2) is 23.8 Å². The number of carboxylic acid groups (broad SMARTS) is 1. The zero-order valence-corrected chi connectivity index (χ0v) is 16.8. The molecule has 2 saturated carbocycles. The Bertz CT molecular complexity index is 605. The van der Waals surface area contributed by atoms with Crippen molar-refractivity contribution in [3.8, 4) is 0 Å². The molecule has 0 saturated heterocycles. The molecule has 2 rings (SSSR count). The number of ether oxygens (including phenoxy) is 1. The van der Waals surface area contributed by atoms with E-state index in [1.54, 1.807) is 0 Å². The van der Waals surface area contributed by atoms with Crippen molar-refractivity contribution in [2.45, 2.75) is 72.6 Å². The lowest BCUT2D eigenvalue weighted by atomic mass is 9.47. The molecule has 2 fully saturated rings. The monoisotopic (exact) mass is 362 g/mol. The van der Waals surface area contributed by atoms with Gasteiger partial charge in [-0.15, -0.1) is 0 Å². The van der Waals surface area contributed by atoms with Crippen molar-refractivity contribution in [2.24, 2.45) is 22.7 Å². The van der Waals surface area contributed by atoms with E-state index in [1.165, 1.54) is 25.0 Å². The number of aliphatic carboxylic acids is 1. The van der Waals surface area contributed by atoms with Crippen LogP contribution in [0.2, 0.25) is 0 Å². The molecule has 0 aromatic carbocycles. The van der Waals surface area contributed by atoms with Gasteiger partial charge in [0.1, 0.15) is 0 Å². The summed E-state index contributed by atoms with van der Waals surface area (Å²) in [6.45, 7) is 12.9. The van der Waals surface area contributed by atoms with Crippen LogP contribution in [0.5, 0.6) is 0 Å². The smallest absolute Gasteiger partial charge is 0.328 e. The maximum atomic E-state index is 11.4. The lowest BCUT2D eigenvalue weighted by molar-refractivity contribution is -0.152. The molecule has 0 amide bonds. The van der Waals surface area contributed by atoms with Gasteiger partial charge in [0, 0.05) is 18.4 Å². The fourth-order valence-corrected chi connectivity index (χ4v) is 5.71. The van der Waals surface area contributed by atoms with Crippen molar-refractivity contribution in [3.63, 3.8) is 0 Å². The molecular weight excluding hydrogens is 328 g/mol. The number of allylic oxidation sites excluding steroid dienone is 2. The highest BCUT2D eigenvalue weighted by atomic mass is 16.5. The molecule has 1 N–H and O–H groups in total. The number of hydrogen-bond acceptors (Lipinski definition) is 3. The number of esters is 1. The van der Waals surface area contributed by atoms with Gasteiger partial charge in [-0.1, -0.05) is 38.0 Å². The van der Waals surface area contributed by atoms with Crippen molar-refractivity contribution in [1.29, 1.82) is 0 Å². The lowest BCUT2D eigenvalue weighted by Gasteiger charge is -2.58. The first-order valence-electron chi connectivity index (χ1n) is 9.79. The summed E-state index contributed by atoms with van der Waals surface area (Å²) in [4.78, 5) is 22.3. The van der Waals surface area contributed by atoms with E-state index in [9.17, 15) is 9.59 Å². The van der Waals surface area contributed by atoms with Crippen LogP contribution in [-0.2, 0) is 14.3 Å². The van der Waals surface area contributed by atoms with Gasteiger partial charge in [-0.2, -0.15) is 0 Å². The molecule has 4 nitrogen and oxygen atoms in total. The van der Waals surface area contributed by atoms with Gasteiger partial charge in [0.15, 0.2) is 0 Å². The van der Waals surface area contributed by atoms with Crippen molar-refractivity contribution >= 4 is 11.9 Å². The van der Waals surface area contributed by atoms with E-state index in [1.807, 2.05) is 6.92 Å². The van der Waals surface area contributed by atoms with E-state index in [2.05, 4.69) is 20.4 Å². The van der Waals surface area contributed by atoms with Gasteiger partial charge in [-0.05, 0) is 62.7 Å². The van der Waals surface area contributed by atoms with E-state index < -0.39 is 5.97 Å². The molecule has 4 atom stereocenters. The molecule has 26 heavy (non-hydrogen) atoms. The third-order valence-electron chi connectivity index (χ3n) is 6.95. The summed E-state index contributed by atoms with van der Waals surface area (Å²) in [6, 6.07) is 0. The Hall–Kier alpha value is -1.58. The Morgan fingerprint density at radius 3 is 2.62 bits per heavy atom. The maximum Gasteiger partial charge on any atom is 0.328 e. The maximum absolute atomic E-state index is 11.4. The second-order valence-electron chi connectivity index (χ2n) is 8.96. The molecule has 2 aliphatic carbocycles. The largest absolute Gasteiger partial charge is 0.478 e. The number of fused-ring (bicyclic) bond motifs is 1. The van der Waals surface area contributed by atoms with Crippen LogP contribution in [0, 0.1) is 22.7 Å². The van der Waals surface area contributed by atoms with Gasteiger partial charge < -0.3 is 9.84 Å². The molecule has 0 aliphatic heterocycles. The van der Waals surface area contributed by atoms with Crippen LogP contribution in [0.4, 0.5) is 0 Å². The van der Waals surface area contributed by atoms with Gasteiger partial charge >= 0.3 is 11.9 Å². The van der Waals surface area contributed by atoms with E-state index in [4.69, 9.17) is 9.84 Å². The minimum atomic E-state index is -0.874. The van der Waals surface area contributed by atoms with E-state index >= 15 is 0 Å². The standard InChI is InChI=1S/C22H34O4/c1-15(13-20(24)25)7-9-18-16(2)8-10-19-21(4,14-26-17(3)23)11-6-12-22(18,19)5/h13,18-19H,2,6-12,14H2,1,3-5H3,(H,24,25)/b15-13+/t18-,19-,21-,22+/m0/s1. The summed E-state index contributed by atoms with van der Waals surface area (Å²) in [6.07, 6.45) is 8.58. The normalized spacial score (nSPS) is 34.9. The molecule has 0 aromatic heterocycles. The Morgan fingerprint density at radius 1 is 1.31 bits per heavy atom. The third-order valence-corrected chi connectivity index (χ3v) is 6.95. The van der Waals surface area contributed by atoms with E-state index in [0.29, 0.717) is 18.4 Å². The predicted octanol–water partition coefficient (Wildman–Crippen LogP) is 5.14. The third kappa shape index (κ3) is 4.39. The second-order valence-corrected chi connectivity index (χ2v) is 8.96. The Kier molecular flexibility index (Phi) is 6.36. The van der Waals surface area contributed by atoms with Crippen LogP contribution >= 0.6 is 0 Å². The van der Waals surface area contributed by atoms with Gasteiger partial charge in [0.05, 0.1) is 6.61 Å². The van der Waals surface area contributed by atoms with Gasteiger partial charge in [0.25, 0.3) is 0 Å². The number of hydrogen-bond donors (Lipinski definition) is 1. The molecule has 0 spiro atoms. The summed E-state index contributed by atoms with van der Waals surface area (Å²) < 4.78 is 5.45. The summed E-state index contributed by atoms with van der Waals surface area (Å²) >= 11 is 0. The van der Waals surface area contributed by atoms with Crippen molar-refractivity contribution in [2.75, 3.05) is 6.61 Å². The van der Waals surface area contributed by atoms with Crippen molar-refractivity contribution in [1.82, 2.24) is 0 Å². The number of carbonyl (C=O) groups excluding carboxylic acids is 1. The summed E-state index contributed by atoms with van der Waals surface area (Å²) in [7, 11) is 0. The van der Waals surface area contributed by atoms with Crippen LogP contribution in [0.1, 0.15) is 72.6 Å².